The van der Waals surface area contributed by atoms with Crippen molar-refractivity contribution in [2.75, 3.05) is 20.8 Å². The fourth-order valence-electron chi connectivity index (χ4n) is 1.32. The molecule has 1 aromatic carbocycles. The van der Waals surface area contributed by atoms with Crippen molar-refractivity contribution >= 4 is 23.5 Å². The summed E-state index contributed by atoms with van der Waals surface area (Å²) in [5.41, 5.74) is 0.383. The van der Waals surface area contributed by atoms with Gasteiger partial charge >= 0.3 is 5.97 Å². The first-order valence-corrected chi connectivity index (χ1v) is 5.67. The normalized spacial score (nSPS) is 11.5. The Hall–Kier alpha value is -1.75. The fraction of sp³-hybridized carbons (Fsp3) is 0.333. The number of methoxy groups -OCH3 is 2. The van der Waals surface area contributed by atoms with Crippen LogP contribution in [0.15, 0.2) is 24.3 Å². The average Bonchev–Trinajstić information content (AvgIpc) is 2.43. The lowest BCUT2D eigenvalue weighted by Gasteiger charge is -2.11. The first-order valence-electron chi connectivity index (χ1n) is 5.23. The number of halogens is 1. The van der Waals surface area contributed by atoms with Gasteiger partial charge < -0.3 is 14.8 Å². The Labute approximate surface area is 110 Å². The molecular formula is C12H14ClNO4. The molecule has 1 amide bonds. The van der Waals surface area contributed by atoms with Gasteiger partial charge in [0, 0.05) is 6.54 Å². The van der Waals surface area contributed by atoms with Gasteiger partial charge in [-0.2, -0.15) is 0 Å². The van der Waals surface area contributed by atoms with Gasteiger partial charge in [-0.15, -0.1) is 11.6 Å². The van der Waals surface area contributed by atoms with E-state index in [0.717, 1.165) is 0 Å². The summed E-state index contributed by atoms with van der Waals surface area (Å²) in [6.45, 7) is -0.00882. The third-order valence-corrected chi connectivity index (χ3v) is 2.58. The molecule has 0 heterocycles. The van der Waals surface area contributed by atoms with Crippen molar-refractivity contribution in [2.24, 2.45) is 0 Å². The molecule has 0 spiro atoms. The van der Waals surface area contributed by atoms with E-state index in [1.54, 1.807) is 24.3 Å². The molecule has 0 aliphatic rings. The van der Waals surface area contributed by atoms with Crippen molar-refractivity contribution in [1.29, 1.82) is 0 Å². The molecule has 1 N–H and O–H groups in total. The van der Waals surface area contributed by atoms with E-state index in [1.165, 1.54) is 14.2 Å². The highest BCUT2D eigenvalue weighted by Gasteiger charge is 2.18. The molecule has 1 aromatic rings. The summed E-state index contributed by atoms with van der Waals surface area (Å²) < 4.78 is 9.50. The third kappa shape index (κ3) is 3.63. The maximum atomic E-state index is 11.8. The van der Waals surface area contributed by atoms with Crippen LogP contribution in [0.2, 0.25) is 0 Å². The van der Waals surface area contributed by atoms with Crippen molar-refractivity contribution < 1.29 is 19.1 Å². The van der Waals surface area contributed by atoms with Crippen LogP contribution in [-0.2, 0) is 9.53 Å². The van der Waals surface area contributed by atoms with E-state index in [-0.39, 0.29) is 12.5 Å². The second kappa shape index (κ2) is 6.86. The minimum atomic E-state index is -0.909. The van der Waals surface area contributed by atoms with Gasteiger partial charge in [0.25, 0.3) is 5.91 Å². The second-order valence-corrected chi connectivity index (χ2v) is 3.93. The van der Waals surface area contributed by atoms with Crippen LogP contribution in [0.4, 0.5) is 0 Å². The molecule has 18 heavy (non-hydrogen) atoms. The summed E-state index contributed by atoms with van der Waals surface area (Å²) in [7, 11) is 2.71. The summed E-state index contributed by atoms with van der Waals surface area (Å²) in [6, 6.07) is 6.77. The molecule has 6 heteroatoms. The summed E-state index contributed by atoms with van der Waals surface area (Å²) in [5, 5.41) is 1.63. The Bertz CT molecular complexity index is 436. The van der Waals surface area contributed by atoms with E-state index in [4.69, 9.17) is 16.3 Å². The zero-order valence-corrected chi connectivity index (χ0v) is 10.9. The van der Waals surface area contributed by atoms with Crippen LogP contribution in [0, 0.1) is 0 Å². The zero-order valence-electron chi connectivity index (χ0n) is 10.1. The number of para-hydroxylation sites is 1. The lowest BCUT2D eigenvalue weighted by Crippen LogP contribution is -2.34. The summed E-state index contributed by atoms with van der Waals surface area (Å²) in [6.07, 6.45) is 0. The smallest absolute Gasteiger partial charge is 0.325 e. The van der Waals surface area contributed by atoms with Gasteiger partial charge in [-0.05, 0) is 12.1 Å². The topological polar surface area (TPSA) is 64.6 Å². The monoisotopic (exact) mass is 271 g/mol. The number of carbonyl (C=O) groups excluding carboxylic acids is 2. The minimum absolute atomic E-state index is 0.00882. The Morgan fingerprint density at radius 1 is 1.33 bits per heavy atom. The molecule has 1 atom stereocenters. The molecule has 0 saturated carbocycles. The maximum Gasteiger partial charge on any atom is 0.325 e. The van der Waals surface area contributed by atoms with Gasteiger partial charge in [-0.25, -0.2) is 0 Å². The highest BCUT2D eigenvalue weighted by molar-refractivity contribution is 6.30. The first-order chi connectivity index (χ1) is 8.60. The molecule has 1 unspecified atom stereocenters. The van der Waals surface area contributed by atoms with Crippen molar-refractivity contribution in [3.8, 4) is 5.75 Å². The third-order valence-electron chi connectivity index (χ3n) is 2.25. The molecule has 0 fully saturated rings. The number of benzene rings is 1. The fourth-order valence-corrected chi connectivity index (χ4v) is 1.49. The summed E-state index contributed by atoms with van der Waals surface area (Å²) in [5.74, 6) is -0.488. The van der Waals surface area contributed by atoms with Gasteiger partial charge in [0.15, 0.2) is 0 Å². The van der Waals surface area contributed by atoms with Gasteiger partial charge in [-0.1, -0.05) is 12.1 Å². The number of carbonyl (C=O) groups is 2. The molecule has 5 nitrogen and oxygen atoms in total. The van der Waals surface area contributed by atoms with Crippen molar-refractivity contribution in [2.45, 2.75) is 5.38 Å². The van der Waals surface area contributed by atoms with Crippen molar-refractivity contribution in [3.63, 3.8) is 0 Å². The highest BCUT2D eigenvalue weighted by atomic mass is 35.5. The molecule has 98 valence electrons. The van der Waals surface area contributed by atoms with Crippen LogP contribution < -0.4 is 10.1 Å². The van der Waals surface area contributed by atoms with E-state index < -0.39 is 11.3 Å². The first kappa shape index (κ1) is 14.3. The molecule has 0 bridgehead atoms. The van der Waals surface area contributed by atoms with Crippen LogP contribution >= 0.6 is 11.6 Å². The lowest BCUT2D eigenvalue weighted by atomic mass is 10.2. The largest absolute Gasteiger partial charge is 0.496 e. The van der Waals surface area contributed by atoms with Gasteiger partial charge in [-0.3, -0.25) is 9.59 Å². The minimum Gasteiger partial charge on any atom is -0.496 e. The van der Waals surface area contributed by atoms with Gasteiger partial charge in [0.1, 0.15) is 11.1 Å². The summed E-state index contributed by atoms with van der Waals surface area (Å²) in [4.78, 5) is 22.9. The standard InChI is InChI=1S/C12H14ClNO4/c1-17-10-6-4-3-5-8(10)11(15)14-7-9(13)12(16)18-2/h3-6,9H,7H2,1-2H3,(H,14,15). The molecule has 1 rings (SSSR count). The number of esters is 1. The van der Waals surface area contributed by atoms with Crippen molar-refractivity contribution in [3.05, 3.63) is 29.8 Å². The van der Waals surface area contributed by atoms with Crippen LogP contribution in [0.1, 0.15) is 10.4 Å². The van der Waals surface area contributed by atoms with Crippen LogP contribution in [0.25, 0.3) is 0 Å². The van der Waals surface area contributed by atoms with Crippen LogP contribution in [-0.4, -0.2) is 38.0 Å². The van der Waals surface area contributed by atoms with E-state index >= 15 is 0 Å². The Morgan fingerprint density at radius 3 is 2.61 bits per heavy atom. The molecule has 0 saturated heterocycles. The van der Waals surface area contributed by atoms with Crippen LogP contribution in [0.3, 0.4) is 0 Å². The Balaban J connectivity index is 2.63. The van der Waals surface area contributed by atoms with E-state index in [1.807, 2.05) is 0 Å². The number of rotatable bonds is 5. The van der Waals surface area contributed by atoms with E-state index in [0.29, 0.717) is 11.3 Å². The quantitative estimate of drug-likeness (QED) is 0.646. The SMILES string of the molecule is COC(=O)C(Cl)CNC(=O)c1ccccc1OC. The Kier molecular flexibility index (Phi) is 5.45. The van der Waals surface area contributed by atoms with Crippen LogP contribution in [0.5, 0.6) is 5.75 Å². The van der Waals surface area contributed by atoms with E-state index in [2.05, 4.69) is 10.1 Å². The number of nitrogens with one attached hydrogen (secondary N) is 1. The number of hydrogen-bond donors (Lipinski definition) is 1. The number of alkyl halides is 1. The second-order valence-electron chi connectivity index (χ2n) is 3.40. The summed E-state index contributed by atoms with van der Waals surface area (Å²) >= 11 is 5.72. The lowest BCUT2D eigenvalue weighted by molar-refractivity contribution is -0.140. The van der Waals surface area contributed by atoms with Gasteiger partial charge in [0.05, 0.1) is 19.8 Å². The Morgan fingerprint density at radius 2 is 2.00 bits per heavy atom. The van der Waals surface area contributed by atoms with E-state index in [9.17, 15) is 9.59 Å². The maximum absolute atomic E-state index is 11.8. The van der Waals surface area contributed by atoms with Crippen molar-refractivity contribution in [1.82, 2.24) is 5.32 Å². The predicted octanol–water partition coefficient (Wildman–Crippen LogP) is 1.21. The molecule has 0 aliphatic carbocycles. The molecule has 0 aromatic heterocycles. The average molecular weight is 272 g/mol. The predicted molar refractivity (Wildman–Crippen MR) is 67.0 cm³/mol. The zero-order chi connectivity index (χ0) is 13.5. The highest BCUT2D eigenvalue weighted by Crippen LogP contribution is 2.16. The molecular weight excluding hydrogens is 258 g/mol. The molecule has 0 radical (unpaired) electrons. The molecule has 0 aliphatic heterocycles. The number of amides is 1. The number of ether oxygens (including phenoxy) is 2. The number of hydrogen-bond acceptors (Lipinski definition) is 4. The van der Waals surface area contributed by atoms with Gasteiger partial charge in [0.2, 0.25) is 0 Å².